The van der Waals surface area contributed by atoms with E-state index in [1.807, 2.05) is 12.3 Å². The smallest absolute Gasteiger partial charge is 0.160 e. The summed E-state index contributed by atoms with van der Waals surface area (Å²) in [5, 5.41) is 4.21. The molecule has 1 unspecified atom stereocenters. The van der Waals surface area contributed by atoms with Crippen molar-refractivity contribution in [2.24, 2.45) is 5.73 Å². The van der Waals surface area contributed by atoms with E-state index in [-0.39, 0.29) is 6.04 Å². The lowest BCUT2D eigenvalue weighted by atomic mass is 10.1. The molecule has 4 heteroatoms. The van der Waals surface area contributed by atoms with Crippen LogP contribution < -0.4 is 5.73 Å². The third kappa shape index (κ3) is 2.90. The van der Waals surface area contributed by atoms with Crippen molar-refractivity contribution in [2.75, 3.05) is 0 Å². The third-order valence-electron chi connectivity index (χ3n) is 2.81. The second-order valence-corrected chi connectivity index (χ2v) is 4.96. The van der Waals surface area contributed by atoms with Crippen molar-refractivity contribution in [1.82, 2.24) is 9.97 Å². The molecule has 0 radical (unpaired) electrons. The van der Waals surface area contributed by atoms with E-state index >= 15 is 0 Å². The van der Waals surface area contributed by atoms with Crippen LogP contribution in [0.4, 0.5) is 0 Å². The molecule has 17 heavy (non-hydrogen) atoms. The van der Waals surface area contributed by atoms with Gasteiger partial charge < -0.3 is 5.73 Å². The quantitative estimate of drug-likeness (QED) is 0.904. The van der Waals surface area contributed by atoms with Gasteiger partial charge in [-0.25, -0.2) is 9.97 Å². The number of hydrogen-bond donors (Lipinski definition) is 1. The molecule has 0 spiro atoms. The molecule has 2 N–H and O–H groups in total. The summed E-state index contributed by atoms with van der Waals surface area (Å²) in [6, 6.07) is 2.13. The molecule has 3 nitrogen and oxygen atoms in total. The highest BCUT2D eigenvalue weighted by atomic mass is 32.1. The monoisotopic (exact) mass is 247 g/mol. The predicted molar refractivity (Wildman–Crippen MR) is 72.1 cm³/mol. The van der Waals surface area contributed by atoms with Gasteiger partial charge in [-0.05, 0) is 30.4 Å². The fraction of sp³-hybridized carbons (Fsp3) is 0.385. The van der Waals surface area contributed by atoms with Crippen LogP contribution in [0.15, 0.2) is 23.0 Å². The molecule has 2 heterocycles. The topological polar surface area (TPSA) is 51.8 Å². The van der Waals surface area contributed by atoms with Crippen molar-refractivity contribution in [3.8, 4) is 11.4 Å². The maximum atomic E-state index is 5.95. The molecule has 2 aromatic rings. The second-order valence-electron chi connectivity index (χ2n) is 4.21. The largest absolute Gasteiger partial charge is 0.327 e. The Morgan fingerprint density at radius 3 is 2.88 bits per heavy atom. The summed E-state index contributed by atoms with van der Waals surface area (Å²) < 4.78 is 0. The van der Waals surface area contributed by atoms with E-state index in [0.29, 0.717) is 0 Å². The predicted octanol–water partition coefficient (Wildman–Crippen LogP) is 2.79. The number of aryl methyl sites for hydroxylation is 1. The van der Waals surface area contributed by atoms with Gasteiger partial charge in [-0.15, -0.1) is 0 Å². The first-order chi connectivity index (χ1) is 8.20. The van der Waals surface area contributed by atoms with Crippen LogP contribution in [0.5, 0.6) is 0 Å². The molecule has 0 aromatic carbocycles. The van der Waals surface area contributed by atoms with Crippen LogP contribution in [-0.4, -0.2) is 16.0 Å². The summed E-state index contributed by atoms with van der Waals surface area (Å²) >= 11 is 1.68. The second kappa shape index (κ2) is 5.38. The minimum Gasteiger partial charge on any atom is -0.327 e. The zero-order valence-corrected chi connectivity index (χ0v) is 11.0. The average molecular weight is 247 g/mol. The lowest BCUT2D eigenvalue weighted by molar-refractivity contribution is 0.636. The number of aromatic nitrogens is 2. The van der Waals surface area contributed by atoms with Crippen LogP contribution >= 0.6 is 11.3 Å². The van der Waals surface area contributed by atoms with E-state index in [1.54, 1.807) is 11.3 Å². The lowest BCUT2D eigenvalue weighted by Gasteiger charge is -2.08. The molecular weight excluding hydrogens is 230 g/mol. The van der Waals surface area contributed by atoms with Gasteiger partial charge in [0.2, 0.25) is 0 Å². The van der Waals surface area contributed by atoms with Crippen LogP contribution in [0.3, 0.4) is 0 Å². The first-order valence-corrected chi connectivity index (χ1v) is 6.75. The molecule has 2 aromatic heterocycles. The molecule has 0 bridgehead atoms. The standard InChI is InChI=1S/C13H17N3S/c1-3-10(14)6-11-4-5-15-13(16-11)12-8-17-7-9(12)2/h4-5,7-8,10H,3,6,14H2,1-2H3. The molecule has 0 aliphatic heterocycles. The Kier molecular flexibility index (Phi) is 3.86. The van der Waals surface area contributed by atoms with Crippen molar-refractivity contribution in [3.05, 3.63) is 34.3 Å². The summed E-state index contributed by atoms with van der Waals surface area (Å²) in [5.41, 5.74) is 9.32. The van der Waals surface area contributed by atoms with Crippen LogP contribution in [0.2, 0.25) is 0 Å². The Hall–Kier alpha value is -1.26. The number of nitrogens with two attached hydrogens (primary N) is 1. The van der Waals surface area contributed by atoms with Gasteiger partial charge in [-0.3, -0.25) is 0 Å². The highest BCUT2D eigenvalue weighted by molar-refractivity contribution is 7.08. The van der Waals surface area contributed by atoms with Crippen LogP contribution in [0, 0.1) is 6.92 Å². The summed E-state index contributed by atoms with van der Waals surface area (Å²) in [4.78, 5) is 8.91. The number of nitrogens with zero attached hydrogens (tertiary/aromatic N) is 2. The van der Waals surface area contributed by atoms with E-state index in [4.69, 9.17) is 5.73 Å². The Morgan fingerprint density at radius 1 is 1.41 bits per heavy atom. The molecule has 0 amide bonds. The van der Waals surface area contributed by atoms with E-state index in [1.165, 1.54) is 5.56 Å². The maximum Gasteiger partial charge on any atom is 0.160 e. The molecule has 1 atom stereocenters. The van der Waals surface area contributed by atoms with E-state index in [9.17, 15) is 0 Å². The minimum absolute atomic E-state index is 0.182. The van der Waals surface area contributed by atoms with Crippen molar-refractivity contribution >= 4 is 11.3 Å². The highest BCUT2D eigenvalue weighted by Gasteiger charge is 2.08. The third-order valence-corrected chi connectivity index (χ3v) is 3.67. The highest BCUT2D eigenvalue weighted by Crippen LogP contribution is 2.23. The van der Waals surface area contributed by atoms with Crippen molar-refractivity contribution in [2.45, 2.75) is 32.7 Å². The van der Waals surface area contributed by atoms with Gasteiger partial charge in [0.15, 0.2) is 5.82 Å². The molecule has 0 aliphatic carbocycles. The van der Waals surface area contributed by atoms with Gasteiger partial charge in [0.25, 0.3) is 0 Å². The zero-order valence-electron chi connectivity index (χ0n) is 10.2. The maximum absolute atomic E-state index is 5.95. The first-order valence-electron chi connectivity index (χ1n) is 5.81. The fourth-order valence-corrected chi connectivity index (χ4v) is 2.47. The number of hydrogen-bond acceptors (Lipinski definition) is 4. The Bertz CT molecular complexity index is 493. The van der Waals surface area contributed by atoms with Gasteiger partial charge in [-0.2, -0.15) is 11.3 Å². The van der Waals surface area contributed by atoms with Crippen LogP contribution in [0.1, 0.15) is 24.6 Å². The van der Waals surface area contributed by atoms with Gasteiger partial charge in [-0.1, -0.05) is 6.92 Å². The fourth-order valence-electron chi connectivity index (χ4n) is 1.64. The Balaban J connectivity index is 2.26. The summed E-state index contributed by atoms with van der Waals surface area (Å²) in [6.07, 6.45) is 3.60. The summed E-state index contributed by atoms with van der Waals surface area (Å²) in [7, 11) is 0. The summed E-state index contributed by atoms with van der Waals surface area (Å²) in [6.45, 7) is 4.18. The minimum atomic E-state index is 0.182. The first kappa shape index (κ1) is 12.2. The molecule has 0 saturated carbocycles. The molecule has 2 rings (SSSR count). The van der Waals surface area contributed by atoms with Gasteiger partial charge >= 0.3 is 0 Å². The van der Waals surface area contributed by atoms with Gasteiger partial charge in [0, 0.05) is 35.3 Å². The molecule has 0 aliphatic rings. The van der Waals surface area contributed by atoms with Gasteiger partial charge in [0.05, 0.1) is 0 Å². The Labute approximate surface area is 106 Å². The van der Waals surface area contributed by atoms with Crippen LogP contribution in [0.25, 0.3) is 11.4 Å². The molecule has 0 saturated heterocycles. The molecular formula is C13H17N3S. The number of rotatable bonds is 4. The lowest BCUT2D eigenvalue weighted by Crippen LogP contribution is -2.22. The average Bonchev–Trinajstić information content (AvgIpc) is 2.75. The van der Waals surface area contributed by atoms with E-state index < -0.39 is 0 Å². The van der Waals surface area contributed by atoms with Crippen molar-refractivity contribution < 1.29 is 0 Å². The number of thiophene rings is 1. The van der Waals surface area contributed by atoms with Gasteiger partial charge in [0.1, 0.15) is 0 Å². The van der Waals surface area contributed by atoms with E-state index in [2.05, 4.69) is 34.6 Å². The molecule has 90 valence electrons. The zero-order chi connectivity index (χ0) is 12.3. The SMILES string of the molecule is CCC(N)Cc1ccnc(-c2cscc2C)n1. The Morgan fingerprint density at radius 2 is 2.24 bits per heavy atom. The normalized spacial score (nSPS) is 12.6. The molecule has 0 fully saturated rings. The van der Waals surface area contributed by atoms with Crippen molar-refractivity contribution in [1.29, 1.82) is 0 Å². The van der Waals surface area contributed by atoms with Crippen LogP contribution in [-0.2, 0) is 6.42 Å². The summed E-state index contributed by atoms with van der Waals surface area (Å²) in [5.74, 6) is 0.810. The van der Waals surface area contributed by atoms with E-state index in [0.717, 1.165) is 29.9 Å². The van der Waals surface area contributed by atoms with Crippen molar-refractivity contribution in [3.63, 3.8) is 0 Å².